The molecule has 0 bridgehead atoms. The summed E-state index contributed by atoms with van der Waals surface area (Å²) >= 11 is 8.13. The molecule has 1 heterocycles. The molecular weight excluding hydrogens is 317 g/mol. The molecule has 0 saturated heterocycles. The molecule has 1 aromatic carbocycles. The van der Waals surface area contributed by atoms with E-state index in [2.05, 4.69) is 26.2 Å². The molecule has 1 aromatic heterocycles. The zero-order chi connectivity index (χ0) is 13.1. The Morgan fingerprint density at radius 2 is 2.11 bits per heavy atom. The van der Waals surface area contributed by atoms with E-state index in [0.717, 1.165) is 4.47 Å². The fraction of sp³-hybridized carbons (Fsp3) is 0. The lowest BCUT2D eigenvalue weighted by molar-refractivity contribution is 0.631. The van der Waals surface area contributed by atoms with Gasteiger partial charge in [0.25, 0.3) is 0 Å². The van der Waals surface area contributed by atoms with Gasteiger partial charge in [-0.1, -0.05) is 28.1 Å². The third-order valence-corrected chi connectivity index (χ3v) is 2.92. The summed E-state index contributed by atoms with van der Waals surface area (Å²) in [5.74, 6) is -0.341. The summed E-state index contributed by atoms with van der Waals surface area (Å²) in [5, 5.41) is 2.95. The molecule has 92 valence electrons. The van der Waals surface area contributed by atoms with Crippen LogP contribution in [0.15, 0.2) is 41.0 Å². The number of hydrogen-bond donors (Lipinski definition) is 2. The van der Waals surface area contributed by atoms with Gasteiger partial charge in [-0.2, -0.15) is 0 Å². The first kappa shape index (κ1) is 12.9. The van der Waals surface area contributed by atoms with Gasteiger partial charge in [0.1, 0.15) is 10.8 Å². The Balaban J connectivity index is 2.31. The maximum Gasteiger partial charge on any atom is 0.146 e. The number of nitrogens with two attached hydrogens (primary N) is 1. The van der Waals surface area contributed by atoms with Crippen LogP contribution in [0.3, 0.4) is 0 Å². The van der Waals surface area contributed by atoms with Gasteiger partial charge < -0.3 is 11.1 Å². The zero-order valence-corrected chi connectivity index (χ0v) is 11.6. The van der Waals surface area contributed by atoms with Gasteiger partial charge in [0.05, 0.1) is 11.4 Å². The number of anilines is 2. The van der Waals surface area contributed by atoms with Crippen LogP contribution in [0.2, 0.25) is 0 Å². The third-order valence-electron chi connectivity index (χ3n) is 2.22. The molecule has 2 rings (SSSR count). The minimum absolute atomic E-state index is 0.202. The van der Waals surface area contributed by atoms with Crippen LogP contribution < -0.4 is 11.1 Å². The molecule has 0 atom stereocenters. The number of nitrogens with zero attached hydrogens (tertiary/aromatic N) is 1. The van der Waals surface area contributed by atoms with Crippen molar-refractivity contribution >= 4 is 44.5 Å². The number of nitrogens with one attached hydrogen (secondary N) is 1. The average molecular weight is 326 g/mol. The summed E-state index contributed by atoms with van der Waals surface area (Å²) in [6.07, 6.45) is 1.56. The molecular formula is C12H9BrFN3S. The van der Waals surface area contributed by atoms with Crippen LogP contribution >= 0.6 is 28.1 Å². The summed E-state index contributed by atoms with van der Waals surface area (Å²) in [6, 6.07) is 8.04. The van der Waals surface area contributed by atoms with Crippen LogP contribution in [0.25, 0.3) is 0 Å². The van der Waals surface area contributed by atoms with Gasteiger partial charge in [-0.25, -0.2) is 4.39 Å². The van der Waals surface area contributed by atoms with Crippen LogP contribution in [0.4, 0.5) is 15.8 Å². The minimum atomic E-state index is -0.341. The van der Waals surface area contributed by atoms with Gasteiger partial charge in [0, 0.05) is 16.4 Å². The predicted octanol–water partition coefficient (Wildman–Crippen LogP) is 3.36. The molecule has 0 saturated carbocycles. The van der Waals surface area contributed by atoms with Gasteiger partial charge in [-0.05, 0) is 30.3 Å². The van der Waals surface area contributed by atoms with Gasteiger partial charge >= 0.3 is 0 Å². The molecule has 0 unspecified atom stereocenters. The Morgan fingerprint density at radius 3 is 2.83 bits per heavy atom. The Hall–Kier alpha value is -1.53. The maximum absolute atomic E-state index is 13.6. The molecule has 3 nitrogen and oxygen atoms in total. The first-order valence-electron chi connectivity index (χ1n) is 5.04. The van der Waals surface area contributed by atoms with Crippen LogP contribution in [-0.2, 0) is 0 Å². The highest BCUT2D eigenvalue weighted by molar-refractivity contribution is 9.10. The number of halogens is 2. The van der Waals surface area contributed by atoms with Crippen molar-refractivity contribution in [2.24, 2.45) is 5.73 Å². The molecule has 0 aliphatic carbocycles. The lowest BCUT2D eigenvalue weighted by Gasteiger charge is -2.08. The smallest absolute Gasteiger partial charge is 0.146 e. The van der Waals surface area contributed by atoms with E-state index in [1.807, 2.05) is 0 Å². The van der Waals surface area contributed by atoms with E-state index in [-0.39, 0.29) is 10.8 Å². The number of aromatic nitrogens is 1. The van der Waals surface area contributed by atoms with Gasteiger partial charge in [0.2, 0.25) is 0 Å². The Labute approximate surface area is 117 Å². The Morgan fingerprint density at radius 1 is 1.33 bits per heavy atom. The highest BCUT2D eigenvalue weighted by Gasteiger charge is 2.05. The number of benzene rings is 1. The molecule has 0 amide bonds. The van der Waals surface area contributed by atoms with Crippen molar-refractivity contribution in [2.75, 3.05) is 5.32 Å². The van der Waals surface area contributed by atoms with E-state index < -0.39 is 0 Å². The monoisotopic (exact) mass is 325 g/mol. The lowest BCUT2D eigenvalue weighted by Crippen LogP contribution is -2.11. The van der Waals surface area contributed by atoms with Crippen molar-refractivity contribution in [3.8, 4) is 0 Å². The second kappa shape index (κ2) is 5.41. The lowest BCUT2D eigenvalue weighted by atomic mass is 10.2. The van der Waals surface area contributed by atoms with Crippen molar-refractivity contribution in [3.63, 3.8) is 0 Å². The van der Waals surface area contributed by atoms with Crippen LogP contribution in [0.1, 0.15) is 5.69 Å². The topological polar surface area (TPSA) is 50.9 Å². The zero-order valence-electron chi connectivity index (χ0n) is 9.15. The molecule has 0 radical (unpaired) electrons. The SMILES string of the molecule is NC(=S)c1cc(Nc2cc(Br)ccc2F)ccn1. The van der Waals surface area contributed by atoms with Gasteiger partial charge in [0.15, 0.2) is 0 Å². The van der Waals surface area contributed by atoms with Crippen molar-refractivity contribution in [2.45, 2.75) is 0 Å². The van der Waals surface area contributed by atoms with Crippen LogP contribution in [0, 0.1) is 5.82 Å². The van der Waals surface area contributed by atoms with E-state index in [9.17, 15) is 4.39 Å². The van der Waals surface area contributed by atoms with E-state index >= 15 is 0 Å². The average Bonchev–Trinajstić information content (AvgIpc) is 2.34. The second-order valence-corrected chi connectivity index (χ2v) is 4.90. The minimum Gasteiger partial charge on any atom is -0.388 e. The molecule has 6 heteroatoms. The molecule has 3 N–H and O–H groups in total. The Bertz CT molecular complexity index is 604. The largest absolute Gasteiger partial charge is 0.388 e. The van der Waals surface area contributed by atoms with Crippen molar-refractivity contribution in [1.82, 2.24) is 4.98 Å². The normalized spacial score (nSPS) is 10.1. The first-order chi connectivity index (χ1) is 8.56. The fourth-order valence-electron chi connectivity index (χ4n) is 1.39. The molecule has 2 aromatic rings. The van der Waals surface area contributed by atoms with Crippen molar-refractivity contribution < 1.29 is 4.39 Å². The Kier molecular flexibility index (Phi) is 3.88. The number of rotatable bonds is 3. The van der Waals surface area contributed by atoms with Crippen LogP contribution in [0.5, 0.6) is 0 Å². The summed E-state index contributed by atoms with van der Waals surface area (Å²) < 4.78 is 14.4. The fourth-order valence-corrected chi connectivity index (χ4v) is 1.86. The second-order valence-electron chi connectivity index (χ2n) is 3.54. The molecule has 0 fully saturated rings. The van der Waals surface area contributed by atoms with E-state index in [0.29, 0.717) is 17.1 Å². The van der Waals surface area contributed by atoms with Gasteiger partial charge in [-0.3, -0.25) is 4.98 Å². The van der Waals surface area contributed by atoms with E-state index in [1.165, 1.54) is 6.07 Å². The summed E-state index contributed by atoms with van der Waals surface area (Å²) in [5.41, 5.74) is 7.02. The van der Waals surface area contributed by atoms with Gasteiger partial charge in [-0.15, -0.1) is 0 Å². The quantitative estimate of drug-likeness (QED) is 0.849. The molecule has 0 aliphatic rings. The highest BCUT2D eigenvalue weighted by atomic mass is 79.9. The number of thiocarbonyl (C=S) groups is 1. The third kappa shape index (κ3) is 3.02. The van der Waals surface area contributed by atoms with Crippen molar-refractivity contribution in [3.05, 3.63) is 52.5 Å². The van der Waals surface area contributed by atoms with E-state index in [4.69, 9.17) is 18.0 Å². The molecule has 0 spiro atoms. The standard InChI is InChI=1S/C12H9BrFN3S/c13-7-1-2-9(14)10(5-7)17-8-3-4-16-11(6-8)12(15)18/h1-6H,(H2,15,18)(H,16,17). The summed E-state index contributed by atoms with van der Waals surface area (Å²) in [7, 11) is 0. The molecule has 0 aliphatic heterocycles. The summed E-state index contributed by atoms with van der Waals surface area (Å²) in [6.45, 7) is 0. The molecule has 18 heavy (non-hydrogen) atoms. The number of pyridine rings is 1. The van der Waals surface area contributed by atoms with Crippen LogP contribution in [-0.4, -0.2) is 9.97 Å². The first-order valence-corrected chi connectivity index (χ1v) is 6.24. The summed E-state index contributed by atoms with van der Waals surface area (Å²) in [4.78, 5) is 4.21. The predicted molar refractivity (Wildman–Crippen MR) is 77.5 cm³/mol. The van der Waals surface area contributed by atoms with Crippen molar-refractivity contribution in [1.29, 1.82) is 0 Å². The maximum atomic E-state index is 13.6. The number of hydrogen-bond acceptors (Lipinski definition) is 3. The van der Waals surface area contributed by atoms with E-state index in [1.54, 1.807) is 30.5 Å². The highest BCUT2D eigenvalue weighted by Crippen LogP contribution is 2.23.